The first-order valence-electron chi connectivity index (χ1n) is 6.35. The summed E-state index contributed by atoms with van der Waals surface area (Å²) in [5.74, 6) is -2.00. The van der Waals surface area contributed by atoms with E-state index in [2.05, 4.69) is 4.98 Å². The van der Waals surface area contributed by atoms with Gasteiger partial charge in [-0.25, -0.2) is 9.18 Å². The molecule has 0 radical (unpaired) electrons. The van der Waals surface area contributed by atoms with Crippen LogP contribution in [0.2, 0.25) is 0 Å². The number of nitrogen functional groups attached to an aromatic ring is 1. The third-order valence-corrected chi connectivity index (χ3v) is 3.14. The summed E-state index contributed by atoms with van der Waals surface area (Å²) >= 11 is 0. The average Bonchev–Trinajstić information content (AvgIpc) is 2.41. The molecule has 0 spiro atoms. The lowest BCUT2D eigenvalue weighted by molar-refractivity contribution is 0.0698. The summed E-state index contributed by atoms with van der Waals surface area (Å²) in [5, 5.41) is 9.24. The van der Waals surface area contributed by atoms with E-state index in [9.17, 15) is 14.3 Å². The maximum atomic E-state index is 13.4. The van der Waals surface area contributed by atoms with Crippen molar-refractivity contribution >= 4 is 17.3 Å². The molecule has 0 amide bonds. The Morgan fingerprint density at radius 1 is 1.38 bits per heavy atom. The van der Waals surface area contributed by atoms with Gasteiger partial charge in [0.15, 0.2) is 0 Å². The van der Waals surface area contributed by atoms with Gasteiger partial charge in [0.25, 0.3) is 0 Å². The number of nitrogens with zero attached hydrogens (tertiary/aromatic N) is 2. The maximum Gasteiger partial charge on any atom is 0.340 e. The second-order valence-corrected chi connectivity index (χ2v) is 4.79. The molecule has 0 aliphatic heterocycles. The lowest BCUT2D eigenvalue weighted by Gasteiger charge is -2.22. The number of halogens is 1. The number of anilines is 2. The average molecular weight is 289 g/mol. The van der Waals surface area contributed by atoms with E-state index < -0.39 is 11.8 Å². The van der Waals surface area contributed by atoms with Crippen molar-refractivity contribution in [1.29, 1.82) is 0 Å². The van der Waals surface area contributed by atoms with Crippen LogP contribution in [0.1, 0.15) is 21.7 Å². The van der Waals surface area contributed by atoms with Crippen LogP contribution in [0.4, 0.5) is 15.8 Å². The number of carboxylic acids is 1. The normalized spacial score (nSPS) is 10.4. The molecule has 0 fully saturated rings. The molecule has 0 saturated carbocycles. The number of hydrogen-bond donors (Lipinski definition) is 2. The number of hydrogen-bond acceptors (Lipinski definition) is 4. The summed E-state index contributed by atoms with van der Waals surface area (Å²) in [4.78, 5) is 17.4. The predicted molar refractivity (Wildman–Crippen MR) is 78.9 cm³/mol. The largest absolute Gasteiger partial charge is 0.478 e. The van der Waals surface area contributed by atoms with Crippen LogP contribution in [-0.4, -0.2) is 23.1 Å². The van der Waals surface area contributed by atoms with Crippen molar-refractivity contribution in [3.8, 4) is 0 Å². The Balaban J connectivity index is 2.37. The molecule has 1 aromatic heterocycles. The van der Waals surface area contributed by atoms with Crippen molar-refractivity contribution in [3.63, 3.8) is 0 Å². The van der Waals surface area contributed by atoms with Crippen molar-refractivity contribution in [3.05, 3.63) is 53.1 Å². The van der Waals surface area contributed by atoms with Crippen LogP contribution in [0.3, 0.4) is 0 Å². The monoisotopic (exact) mass is 289 g/mol. The maximum absolute atomic E-state index is 13.4. The smallest absolute Gasteiger partial charge is 0.340 e. The van der Waals surface area contributed by atoms with Crippen molar-refractivity contribution in [2.24, 2.45) is 0 Å². The second-order valence-electron chi connectivity index (χ2n) is 4.79. The van der Waals surface area contributed by atoms with Crippen LogP contribution < -0.4 is 10.6 Å². The molecular weight excluding hydrogens is 273 g/mol. The van der Waals surface area contributed by atoms with Crippen molar-refractivity contribution in [2.45, 2.75) is 13.5 Å². The zero-order valence-electron chi connectivity index (χ0n) is 11.8. The highest BCUT2D eigenvalue weighted by atomic mass is 19.1. The fraction of sp³-hybridized carbons (Fsp3) is 0.200. The van der Waals surface area contributed by atoms with E-state index in [1.165, 1.54) is 6.07 Å². The number of aromatic nitrogens is 1. The zero-order valence-corrected chi connectivity index (χ0v) is 11.8. The zero-order chi connectivity index (χ0) is 15.6. The highest BCUT2D eigenvalue weighted by Gasteiger charge is 2.20. The number of carboxylic acid groups (broad SMARTS) is 1. The van der Waals surface area contributed by atoms with Gasteiger partial charge in [-0.15, -0.1) is 0 Å². The Bertz CT molecular complexity index is 689. The van der Waals surface area contributed by atoms with E-state index in [0.29, 0.717) is 12.2 Å². The van der Waals surface area contributed by atoms with Crippen LogP contribution in [0.25, 0.3) is 0 Å². The van der Waals surface area contributed by atoms with Crippen molar-refractivity contribution < 1.29 is 14.3 Å². The Hall–Kier alpha value is -2.63. The topological polar surface area (TPSA) is 79.5 Å². The van der Waals surface area contributed by atoms with Gasteiger partial charge in [0.2, 0.25) is 0 Å². The molecule has 0 unspecified atom stereocenters. The van der Waals surface area contributed by atoms with E-state index in [1.54, 1.807) is 11.9 Å². The molecule has 5 nitrogen and oxygen atoms in total. The quantitative estimate of drug-likeness (QED) is 0.845. The van der Waals surface area contributed by atoms with E-state index >= 15 is 0 Å². The first kappa shape index (κ1) is 14.8. The number of aromatic carboxylic acids is 1. The molecule has 21 heavy (non-hydrogen) atoms. The standard InChI is InChI=1S/C15H16FN3O2/c1-9-4-3-5-10(18-9)8-19(2)12-7-6-11(16)14(17)13(12)15(20)21/h3-7H,8,17H2,1-2H3,(H,20,21). The minimum Gasteiger partial charge on any atom is -0.478 e. The Morgan fingerprint density at radius 2 is 2.10 bits per heavy atom. The van der Waals surface area contributed by atoms with E-state index in [1.807, 2.05) is 25.1 Å². The lowest BCUT2D eigenvalue weighted by atomic mass is 10.1. The van der Waals surface area contributed by atoms with Gasteiger partial charge in [0, 0.05) is 12.7 Å². The lowest BCUT2D eigenvalue weighted by Crippen LogP contribution is -2.21. The second kappa shape index (κ2) is 5.78. The summed E-state index contributed by atoms with van der Waals surface area (Å²) in [6.45, 7) is 2.27. The fourth-order valence-electron chi connectivity index (χ4n) is 2.14. The van der Waals surface area contributed by atoms with E-state index in [4.69, 9.17) is 5.73 Å². The van der Waals surface area contributed by atoms with Gasteiger partial charge in [0.1, 0.15) is 11.4 Å². The molecule has 3 N–H and O–H groups in total. The van der Waals surface area contributed by atoms with E-state index in [0.717, 1.165) is 17.5 Å². The number of carbonyl (C=O) groups is 1. The minimum absolute atomic E-state index is 0.231. The summed E-state index contributed by atoms with van der Waals surface area (Å²) in [5.41, 5.74) is 6.97. The van der Waals surface area contributed by atoms with Gasteiger partial charge in [0.05, 0.1) is 23.6 Å². The third kappa shape index (κ3) is 3.10. The van der Waals surface area contributed by atoms with Gasteiger partial charge in [-0.1, -0.05) is 6.07 Å². The summed E-state index contributed by atoms with van der Waals surface area (Å²) in [7, 11) is 1.71. The number of benzene rings is 1. The van der Waals surface area contributed by atoms with E-state index in [-0.39, 0.29) is 11.3 Å². The molecule has 1 aromatic carbocycles. The third-order valence-electron chi connectivity index (χ3n) is 3.14. The highest BCUT2D eigenvalue weighted by Crippen LogP contribution is 2.28. The van der Waals surface area contributed by atoms with Crippen molar-refractivity contribution in [2.75, 3.05) is 17.7 Å². The van der Waals surface area contributed by atoms with Gasteiger partial charge >= 0.3 is 5.97 Å². The minimum atomic E-state index is -1.26. The number of aryl methyl sites for hydroxylation is 1. The Labute approximate surface area is 121 Å². The Morgan fingerprint density at radius 3 is 2.71 bits per heavy atom. The van der Waals surface area contributed by atoms with Crippen LogP contribution >= 0.6 is 0 Å². The SMILES string of the molecule is Cc1cccc(CN(C)c2ccc(F)c(N)c2C(=O)O)n1. The summed E-state index contributed by atoms with van der Waals surface area (Å²) in [6, 6.07) is 8.17. The summed E-state index contributed by atoms with van der Waals surface area (Å²) < 4.78 is 13.4. The first-order valence-corrected chi connectivity index (χ1v) is 6.35. The Kier molecular flexibility index (Phi) is 4.07. The number of pyridine rings is 1. The molecule has 2 rings (SSSR count). The van der Waals surface area contributed by atoms with Crippen LogP contribution in [0.15, 0.2) is 30.3 Å². The van der Waals surface area contributed by atoms with Gasteiger partial charge in [-0.2, -0.15) is 0 Å². The molecule has 0 aliphatic rings. The molecule has 6 heteroatoms. The molecule has 0 aliphatic carbocycles. The molecule has 110 valence electrons. The molecular formula is C15H16FN3O2. The fourth-order valence-corrected chi connectivity index (χ4v) is 2.14. The van der Waals surface area contributed by atoms with Gasteiger partial charge in [-0.3, -0.25) is 4.98 Å². The number of rotatable bonds is 4. The van der Waals surface area contributed by atoms with Gasteiger partial charge < -0.3 is 15.7 Å². The number of nitrogens with two attached hydrogens (primary N) is 1. The molecule has 1 heterocycles. The van der Waals surface area contributed by atoms with Crippen LogP contribution in [0.5, 0.6) is 0 Å². The molecule has 2 aromatic rings. The van der Waals surface area contributed by atoms with Crippen LogP contribution in [-0.2, 0) is 6.54 Å². The summed E-state index contributed by atoms with van der Waals surface area (Å²) in [6.07, 6.45) is 0. The van der Waals surface area contributed by atoms with Crippen molar-refractivity contribution in [1.82, 2.24) is 4.98 Å². The predicted octanol–water partition coefficient (Wildman–Crippen LogP) is 2.45. The van der Waals surface area contributed by atoms with Gasteiger partial charge in [-0.05, 0) is 31.2 Å². The molecule has 0 atom stereocenters. The molecule has 0 saturated heterocycles. The highest BCUT2D eigenvalue weighted by molar-refractivity contribution is 6.00. The molecule has 0 bridgehead atoms. The first-order chi connectivity index (χ1) is 9.90. The van der Waals surface area contributed by atoms with Crippen LogP contribution in [0, 0.1) is 12.7 Å².